The molecule has 0 aromatic heterocycles. The molecule has 2 amide bonds. The van der Waals surface area contributed by atoms with E-state index >= 15 is 0 Å². The molecule has 1 heterocycles. The first kappa shape index (κ1) is 18.1. The lowest BCUT2D eigenvalue weighted by atomic mass is 9.85. The minimum atomic E-state index is -0.244. The Balaban J connectivity index is 1.32. The minimum Gasteiger partial charge on any atom is -0.488 e. The summed E-state index contributed by atoms with van der Waals surface area (Å²) >= 11 is 5.92. The Hall–Kier alpha value is -2.92. The van der Waals surface area contributed by atoms with Crippen molar-refractivity contribution in [1.29, 1.82) is 0 Å². The van der Waals surface area contributed by atoms with Crippen molar-refractivity contribution in [3.05, 3.63) is 76.8 Å². The number of hydrogen-bond donors (Lipinski definition) is 0. The van der Waals surface area contributed by atoms with Crippen LogP contribution in [0.3, 0.4) is 0 Å². The van der Waals surface area contributed by atoms with Gasteiger partial charge in [0.25, 0.3) is 11.8 Å². The van der Waals surface area contributed by atoms with Crippen molar-refractivity contribution >= 4 is 29.6 Å². The Morgan fingerprint density at radius 3 is 2.34 bits per heavy atom. The molecule has 29 heavy (non-hydrogen) atoms. The van der Waals surface area contributed by atoms with Gasteiger partial charge in [0.2, 0.25) is 0 Å². The SMILES string of the molecule is O=C1[C@@H]2[C@@H](C(=O)N1/N=C\c1ccccc1OCc1ccc(Cl)cc1)[C@H]1C=C[C@@H]2C1. The van der Waals surface area contributed by atoms with Gasteiger partial charge in [-0.2, -0.15) is 10.1 Å². The molecule has 0 radical (unpaired) electrons. The van der Waals surface area contributed by atoms with Crippen molar-refractivity contribution < 1.29 is 14.3 Å². The van der Waals surface area contributed by atoms with Crippen LogP contribution in [0, 0.1) is 23.7 Å². The molecule has 0 spiro atoms. The van der Waals surface area contributed by atoms with Gasteiger partial charge in [0.1, 0.15) is 12.4 Å². The number of hydrazone groups is 1. The third-order valence-corrected chi connectivity index (χ3v) is 6.24. The summed E-state index contributed by atoms with van der Waals surface area (Å²) in [6, 6.07) is 14.9. The van der Waals surface area contributed by atoms with Crippen molar-refractivity contribution in [1.82, 2.24) is 5.01 Å². The number of amides is 2. The molecule has 5 nitrogen and oxygen atoms in total. The number of halogens is 1. The van der Waals surface area contributed by atoms with E-state index in [1.54, 1.807) is 0 Å². The predicted molar refractivity (Wildman–Crippen MR) is 109 cm³/mol. The van der Waals surface area contributed by atoms with Gasteiger partial charge in [-0.3, -0.25) is 9.59 Å². The van der Waals surface area contributed by atoms with E-state index in [0.29, 0.717) is 22.9 Å². The summed E-state index contributed by atoms with van der Waals surface area (Å²) in [4.78, 5) is 25.5. The van der Waals surface area contributed by atoms with E-state index in [1.807, 2.05) is 48.5 Å². The molecule has 2 aliphatic carbocycles. The van der Waals surface area contributed by atoms with Gasteiger partial charge < -0.3 is 4.74 Å². The summed E-state index contributed by atoms with van der Waals surface area (Å²) in [5.41, 5.74) is 1.70. The fourth-order valence-electron chi connectivity index (χ4n) is 4.58. The van der Waals surface area contributed by atoms with Gasteiger partial charge in [-0.1, -0.05) is 48.0 Å². The number of carbonyl (C=O) groups excluding carboxylic acids is 2. The Kier molecular flexibility index (Phi) is 4.47. The van der Waals surface area contributed by atoms with Gasteiger partial charge in [0.15, 0.2) is 0 Å². The molecule has 0 unspecified atom stereocenters. The van der Waals surface area contributed by atoms with Crippen LogP contribution in [0.2, 0.25) is 5.02 Å². The average Bonchev–Trinajstić information content (AvgIpc) is 3.41. The van der Waals surface area contributed by atoms with Crippen molar-refractivity contribution in [2.45, 2.75) is 13.0 Å². The third kappa shape index (κ3) is 3.15. The molecule has 2 bridgehead atoms. The number of para-hydroxylation sites is 1. The first-order valence-corrected chi connectivity index (χ1v) is 10.1. The molecule has 2 fully saturated rings. The smallest absolute Gasteiger partial charge is 0.254 e. The largest absolute Gasteiger partial charge is 0.488 e. The molecule has 1 saturated heterocycles. The fourth-order valence-corrected chi connectivity index (χ4v) is 4.71. The normalized spacial score (nSPS) is 27.3. The highest BCUT2D eigenvalue weighted by molar-refractivity contribution is 6.30. The lowest BCUT2D eigenvalue weighted by Gasteiger charge is -2.13. The van der Waals surface area contributed by atoms with E-state index in [-0.39, 0.29) is 35.5 Å². The maximum Gasteiger partial charge on any atom is 0.254 e. The second-order valence-corrected chi connectivity index (χ2v) is 8.12. The molecule has 3 aliphatic rings. The third-order valence-electron chi connectivity index (χ3n) is 5.99. The molecule has 1 aliphatic heterocycles. The minimum absolute atomic E-state index is 0.177. The topological polar surface area (TPSA) is 59.0 Å². The lowest BCUT2D eigenvalue weighted by Crippen LogP contribution is -2.28. The number of allylic oxidation sites excluding steroid dienone is 2. The summed E-state index contributed by atoms with van der Waals surface area (Å²) < 4.78 is 5.92. The molecule has 6 heteroatoms. The van der Waals surface area contributed by atoms with Crippen LogP contribution in [-0.4, -0.2) is 23.0 Å². The number of rotatable bonds is 5. The van der Waals surface area contributed by atoms with Crippen LogP contribution in [0.4, 0.5) is 0 Å². The van der Waals surface area contributed by atoms with Crippen LogP contribution in [0.5, 0.6) is 5.75 Å². The predicted octanol–water partition coefficient (Wildman–Crippen LogP) is 4.06. The molecule has 4 atom stereocenters. The van der Waals surface area contributed by atoms with E-state index in [2.05, 4.69) is 17.3 Å². The van der Waals surface area contributed by atoms with Gasteiger partial charge in [0.05, 0.1) is 18.1 Å². The highest BCUT2D eigenvalue weighted by atomic mass is 35.5. The number of benzene rings is 2. The van der Waals surface area contributed by atoms with Gasteiger partial charge in [-0.15, -0.1) is 0 Å². The Morgan fingerprint density at radius 1 is 1.00 bits per heavy atom. The maximum absolute atomic E-state index is 12.7. The summed E-state index contributed by atoms with van der Waals surface area (Å²) in [5.74, 6) is 0.123. The van der Waals surface area contributed by atoms with Gasteiger partial charge >= 0.3 is 0 Å². The fraction of sp³-hybridized carbons (Fsp3) is 0.261. The number of fused-ring (bicyclic) bond motifs is 5. The lowest BCUT2D eigenvalue weighted by molar-refractivity contribution is -0.140. The molecule has 146 valence electrons. The van der Waals surface area contributed by atoms with Crippen LogP contribution in [0.25, 0.3) is 0 Å². The molecular formula is C23H19ClN2O3. The Morgan fingerprint density at radius 2 is 1.66 bits per heavy atom. The number of carbonyl (C=O) groups is 2. The second kappa shape index (κ2) is 7.16. The summed E-state index contributed by atoms with van der Waals surface area (Å²) in [6.07, 6.45) is 6.59. The first-order valence-electron chi connectivity index (χ1n) is 9.68. The highest BCUT2D eigenvalue weighted by Crippen LogP contribution is 2.52. The zero-order valence-corrected chi connectivity index (χ0v) is 16.3. The van der Waals surface area contributed by atoms with Crippen molar-refractivity contribution in [3.8, 4) is 5.75 Å². The number of ether oxygens (including phenoxy) is 1. The van der Waals surface area contributed by atoms with Crippen LogP contribution < -0.4 is 4.74 Å². The highest BCUT2D eigenvalue weighted by Gasteiger charge is 2.59. The van der Waals surface area contributed by atoms with Gasteiger partial charge in [-0.05, 0) is 48.1 Å². The van der Waals surface area contributed by atoms with E-state index in [9.17, 15) is 9.59 Å². The molecule has 5 rings (SSSR count). The van der Waals surface area contributed by atoms with Crippen LogP contribution in [-0.2, 0) is 16.2 Å². The van der Waals surface area contributed by atoms with Gasteiger partial charge in [0, 0.05) is 10.6 Å². The first-order chi connectivity index (χ1) is 14.1. The second-order valence-electron chi connectivity index (χ2n) is 7.69. The standard InChI is InChI=1S/C23H19ClN2O3/c24-18-9-5-14(6-10-18)13-29-19-4-2-1-3-17(19)12-25-26-22(27)20-15-7-8-16(11-15)21(20)23(26)28/h1-10,12,15-16,20-21H,11,13H2/b25-12-/t15-,16+,20-,21-/m0/s1. The van der Waals surface area contributed by atoms with Crippen molar-refractivity contribution in [2.75, 3.05) is 0 Å². The molecule has 1 saturated carbocycles. The number of imide groups is 1. The zero-order valence-electron chi connectivity index (χ0n) is 15.6. The average molecular weight is 407 g/mol. The molecular weight excluding hydrogens is 388 g/mol. The number of hydrogen-bond acceptors (Lipinski definition) is 4. The van der Waals surface area contributed by atoms with E-state index < -0.39 is 0 Å². The Labute approximate surface area is 173 Å². The zero-order chi connectivity index (χ0) is 20.0. The van der Waals surface area contributed by atoms with Crippen LogP contribution in [0.1, 0.15) is 17.5 Å². The van der Waals surface area contributed by atoms with Crippen molar-refractivity contribution in [3.63, 3.8) is 0 Å². The van der Waals surface area contributed by atoms with Crippen LogP contribution >= 0.6 is 11.6 Å². The van der Waals surface area contributed by atoms with E-state index in [4.69, 9.17) is 16.3 Å². The molecule has 2 aromatic rings. The molecule has 2 aromatic carbocycles. The van der Waals surface area contributed by atoms with Crippen molar-refractivity contribution in [2.24, 2.45) is 28.8 Å². The summed E-state index contributed by atoms with van der Waals surface area (Å²) in [7, 11) is 0. The van der Waals surface area contributed by atoms with Crippen LogP contribution in [0.15, 0.2) is 65.8 Å². The monoisotopic (exact) mass is 406 g/mol. The quantitative estimate of drug-likeness (QED) is 0.427. The molecule has 0 N–H and O–H groups in total. The van der Waals surface area contributed by atoms with E-state index in [1.165, 1.54) is 6.21 Å². The summed E-state index contributed by atoms with van der Waals surface area (Å²) in [6.45, 7) is 0.378. The number of nitrogens with zero attached hydrogens (tertiary/aromatic N) is 2. The van der Waals surface area contributed by atoms with Gasteiger partial charge in [-0.25, -0.2) is 0 Å². The Bertz CT molecular complexity index is 1000. The summed E-state index contributed by atoms with van der Waals surface area (Å²) in [5, 5.41) is 5.97. The maximum atomic E-state index is 12.7. The van der Waals surface area contributed by atoms with E-state index in [0.717, 1.165) is 17.0 Å².